The summed E-state index contributed by atoms with van der Waals surface area (Å²) in [6, 6.07) is 0.0720. The maximum absolute atomic E-state index is 9.47. The lowest BCUT2D eigenvalue weighted by molar-refractivity contribution is 0.121. The molecule has 3 unspecified atom stereocenters. The molecule has 0 bridgehead atoms. The Hall–Kier alpha value is -0.160. The van der Waals surface area contributed by atoms with E-state index in [4.69, 9.17) is 9.84 Å². The van der Waals surface area contributed by atoms with E-state index in [0.717, 1.165) is 19.4 Å². The minimum Gasteiger partial charge on any atom is -0.396 e. The van der Waals surface area contributed by atoms with E-state index in [2.05, 4.69) is 12.2 Å². The average Bonchev–Trinajstić information content (AvgIpc) is 2.59. The Bertz CT molecular complexity index is 154. The Morgan fingerprint density at radius 2 is 2.29 bits per heavy atom. The van der Waals surface area contributed by atoms with Crippen LogP contribution in [0, 0.1) is 5.92 Å². The lowest BCUT2D eigenvalue weighted by atomic mass is 10.0. The average molecular weight is 203 g/mol. The summed E-state index contributed by atoms with van der Waals surface area (Å²) in [5.74, 6) is 0.493. The van der Waals surface area contributed by atoms with Crippen molar-refractivity contribution in [2.24, 2.45) is 5.92 Å². The molecule has 0 radical (unpaired) electrons. The highest BCUT2D eigenvalue weighted by Crippen LogP contribution is 2.09. The molecule has 0 aromatic carbocycles. The molecule has 0 spiro atoms. The van der Waals surface area contributed by atoms with Gasteiger partial charge in [0.05, 0.1) is 25.4 Å². The maximum Gasteiger partial charge on any atom is 0.0948 e. The van der Waals surface area contributed by atoms with Crippen molar-refractivity contribution in [2.75, 3.05) is 26.4 Å². The van der Waals surface area contributed by atoms with Gasteiger partial charge in [-0.2, -0.15) is 0 Å². The molecule has 1 heterocycles. The highest BCUT2D eigenvalue weighted by molar-refractivity contribution is 4.81. The molecule has 84 valence electrons. The van der Waals surface area contributed by atoms with Crippen LogP contribution in [0.25, 0.3) is 0 Å². The number of hydrogen-bond acceptors (Lipinski definition) is 4. The van der Waals surface area contributed by atoms with Crippen molar-refractivity contribution in [3.63, 3.8) is 0 Å². The van der Waals surface area contributed by atoms with Crippen LogP contribution in [0.3, 0.4) is 0 Å². The van der Waals surface area contributed by atoms with Crippen LogP contribution in [0.5, 0.6) is 0 Å². The number of rotatable bonds is 6. The number of ether oxygens (including phenoxy) is 1. The SMILES string of the molecule is CCC(CCO)CNC1COCC1O. The summed E-state index contributed by atoms with van der Waals surface area (Å²) in [7, 11) is 0. The fourth-order valence-corrected chi connectivity index (χ4v) is 1.69. The molecule has 1 aliphatic heterocycles. The number of nitrogens with one attached hydrogen (secondary N) is 1. The summed E-state index contributed by atoms with van der Waals surface area (Å²) in [6.07, 6.45) is 1.51. The predicted octanol–water partition coefficient (Wildman–Crippen LogP) is -0.256. The van der Waals surface area contributed by atoms with E-state index < -0.39 is 0 Å². The van der Waals surface area contributed by atoms with E-state index in [1.165, 1.54) is 0 Å². The van der Waals surface area contributed by atoms with Crippen molar-refractivity contribution in [3.8, 4) is 0 Å². The third-order valence-electron chi connectivity index (χ3n) is 2.83. The second kappa shape index (κ2) is 6.35. The van der Waals surface area contributed by atoms with Crippen molar-refractivity contribution < 1.29 is 14.9 Å². The van der Waals surface area contributed by atoms with Crippen molar-refractivity contribution in [1.29, 1.82) is 0 Å². The van der Waals surface area contributed by atoms with Crippen LogP contribution in [0.2, 0.25) is 0 Å². The molecule has 1 fully saturated rings. The molecule has 0 aromatic heterocycles. The van der Waals surface area contributed by atoms with Crippen molar-refractivity contribution >= 4 is 0 Å². The van der Waals surface area contributed by atoms with Gasteiger partial charge in [-0.15, -0.1) is 0 Å². The molecule has 0 saturated carbocycles. The zero-order chi connectivity index (χ0) is 10.4. The quantitative estimate of drug-likeness (QED) is 0.557. The zero-order valence-corrected chi connectivity index (χ0v) is 8.78. The van der Waals surface area contributed by atoms with E-state index in [-0.39, 0.29) is 18.8 Å². The van der Waals surface area contributed by atoms with Gasteiger partial charge in [-0.1, -0.05) is 13.3 Å². The molecular formula is C10H21NO3. The lowest BCUT2D eigenvalue weighted by Crippen LogP contribution is -2.41. The number of aliphatic hydroxyl groups excluding tert-OH is 2. The Morgan fingerprint density at radius 1 is 1.50 bits per heavy atom. The second-order valence-corrected chi connectivity index (χ2v) is 3.91. The first kappa shape index (κ1) is 11.9. The van der Waals surface area contributed by atoms with Crippen molar-refractivity contribution in [3.05, 3.63) is 0 Å². The molecular weight excluding hydrogens is 182 g/mol. The zero-order valence-electron chi connectivity index (χ0n) is 8.78. The summed E-state index contributed by atoms with van der Waals surface area (Å²) in [6.45, 7) is 4.24. The van der Waals surface area contributed by atoms with Gasteiger partial charge in [-0.3, -0.25) is 0 Å². The summed E-state index contributed by atoms with van der Waals surface area (Å²) in [5.41, 5.74) is 0. The topological polar surface area (TPSA) is 61.7 Å². The summed E-state index contributed by atoms with van der Waals surface area (Å²) >= 11 is 0. The monoisotopic (exact) mass is 203 g/mol. The summed E-state index contributed by atoms with van der Waals surface area (Å²) in [5, 5.41) is 21.6. The van der Waals surface area contributed by atoms with E-state index in [1.54, 1.807) is 0 Å². The molecule has 1 aliphatic rings. The fourth-order valence-electron chi connectivity index (χ4n) is 1.69. The van der Waals surface area contributed by atoms with Crippen molar-refractivity contribution in [2.45, 2.75) is 31.9 Å². The molecule has 0 aliphatic carbocycles. The maximum atomic E-state index is 9.47. The lowest BCUT2D eigenvalue weighted by Gasteiger charge is -2.19. The van der Waals surface area contributed by atoms with E-state index in [0.29, 0.717) is 19.1 Å². The minimum absolute atomic E-state index is 0.0720. The molecule has 3 N–H and O–H groups in total. The molecule has 3 atom stereocenters. The highest BCUT2D eigenvalue weighted by atomic mass is 16.5. The standard InChI is InChI=1S/C10H21NO3/c1-2-8(3-4-12)5-11-9-6-14-7-10(9)13/h8-13H,2-7H2,1H3. The first-order valence-corrected chi connectivity index (χ1v) is 5.38. The Balaban J connectivity index is 2.17. The van der Waals surface area contributed by atoms with Gasteiger partial charge in [0.1, 0.15) is 0 Å². The highest BCUT2D eigenvalue weighted by Gasteiger charge is 2.25. The second-order valence-electron chi connectivity index (χ2n) is 3.91. The van der Waals surface area contributed by atoms with Gasteiger partial charge in [0, 0.05) is 6.61 Å². The van der Waals surface area contributed by atoms with Crippen LogP contribution in [0.1, 0.15) is 19.8 Å². The molecule has 0 aromatic rings. The van der Waals surface area contributed by atoms with Crippen LogP contribution in [0.15, 0.2) is 0 Å². The largest absolute Gasteiger partial charge is 0.396 e. The number of hydrogen-bond donors (Lipinski definition) is 3. The molecule has 0 amide bonds. The Morgan fingerprint density at radius 3 is 2.79 bits per heavy atom. The van der Waals surface area contributed by atoms with Gasteiger partial charge < -0.3 is 20.3 Å². The third kappa shape index (κ3) is 3.53. The van der Waals surface area contributed by atoms with E-state index in [1.807, 2.05) is 0 Å². The van der Waals surface area contributed by atoms with Crippen molar-refractivity contribution in [1.82, 2.24) is 5.32 Å². The first-order chi connectivity index (χ1) is 6.77. The minimum atomic E-state index is -0.373. The molecule has 4 nitrogen and oxygen atoms in total. The molecule has 14 heavy (non-hydrogen) atoms. The fraction of sp³-hybridized carbons (Fsp3) is 1.00. The van der Waals surface area contributed by atoms with Crippen LogP contribution < -0.4 is 5.32 Å². The van der Waals surface area contributed by atoms with Gasteiger partial charge in [0.25, 0.3) is 0 Å². The van der Waals surface area contributed by atoms with Gasteiger partial charge in [-0.05, 0) is 18.9 Å². The van der Waals surface area contributed by atoms with Crippen LogP contribution in [-0.4, -0.2) is 48.7 Å². The van der Waals surface area contributed by atoms with Gasteiger partial charge >= 0.3 is 0 Å². The van der Waals surface area contributed by atoms with Gasteiger partial charge in [0.15, 0.2) is 0 Å². The smallest absolute Gasteiger partial charge is 0.0948 e. The normalized spacial score (nSPS) is 29.4. The predicted molar refractivity (Wildman–Crippen MR) is 54.1 cm³/mol. The van der Waals surface area contributed by atoms with Gasteiger partial charge in [0.2, 0.25) is 0 Å². The Labute approximate surface area is 85.3 Å². The van der Waals surface area contributed by atoms with E-state index in [9.17, 15) is 5.11 Å². The Kier molecular flexibility index (Phi) is 5.40. The molecule has 1 saturated heterocycles. The first-order valence-electron chi connectivity index (χ1n) is 5.38. The van der Waals surface area contributed by atoms with Gasteiger partial charge in [-0.25, -0.2) is 0 Å². The van der Waals surface area contributed by atoms with Crippen LogP contribution in [0.4, 0.5) is 0 Å². The third-order valence-corrected chi connectivity index (χ3v) is 2.83. The summed E-state index contributed by atoms with van der Waals surface area (Å²) in [4.78, 5) is 0. The van der Waals surface area contributed by atoms with Crippen LogP contribution in [-0.2, 0) is 4.74 Å². The van der Waals surface area contributed by atoms with Crippen LogP contribution >= 0.6 is 0 Å². The number of aliphatic hydroxyl groups is 2. The van der Waals surface area contributed by atoms with E-state index >= 15 is 0 Å². The molecule has 4 heteroatoms. The molecule has 1 rings (SSSR count). The summed E-state index contributed by atoms with van der Waals surface area (Å²) < 4.78 is 5.13.